The van der Waals surface area contributed by atoms with E-state index in [2.05, 4.69) is 59.5 Å². The number of hydrogen-bond acceptors (Lipinski definition) is 1. The monoisotopic (exact) mass is 371 g/mol. The molecule has 0 aromatic heterocycles. The zero-order valence-electron chi connectivity index (χ0n) is 16.1. The van der Waals surface area contributed by atoms with Crippen molar-refractivity contribution in [3.05, 3.63) is 108 Å². The fourth-order valence-electron chi connectivity index (χ4n) is 4.06. The summed E-state index contributed by atoms with van der Waals surface area (Å²) in [4.78, 5) is 17.1. The number of hydrogen-bond donors (Lipinski definition) is 1. The van der Waals surface area contributed by atoms with Crippen LogP contribution in [0.3, 0.4) is 0 Å². The molecule has 0 spiro atoms. The predicted molar refractivity (Wildman–Crippen MR) is 112 cm³/mol. The highest BCUT2D eigenvalue weighted by Crippen LogP contribution is 2.26. The minimum atomic E-state index is -0.224. The summed E-state index contributed by atoms with van der Waals surface area (Å²) in [5.41, 5.74) is 3.50. The summed E-state index contributed by atoms with van der Waals surface area (Å²) in [6, 6.07) is 30.9. The van der Waals surface area contributed by atoms with Crippen LogP contribution in [0.25, 0.3) is 0 Å². The molecule has 0 bridgehead atoms. The average Bonchev–Trinajstić information content (AvgIpc) is 2.77. The van der Waals surface area contributed by atoms with Crippen molar-refractivity contribution in [3.8, 4) is 0 Å². The Morgan fingerprint density at radius 1 is 0.750 bits per heavy atom. The van der Waals surface area contributed by atoms with Crippen LogP contribution in [0.15, 0.2) is 91.0 Å². The number of carbonyl (C=O) groups is 1. The Morgan fingerprint density at radius 3 is 1.71 bits per heavy atom. The lowest BCUT2D eigenvalue weighted by Crippen LogP contribution is -3.13. The first-order chi connectivity index (χ1) is 13.8. The number of quaternary nitrogens is 1. The number of amides is 1. The Morgan fingerprint density at radius 2 is 1.21 bits per heavy atom. The van der Waals surface area contributed by atoms with Gasteiger partial charge in [-0.15, -0.1) is 0 Å². The van der Waals surface area contributed by atoms with Crippen LogP contribution in [0.2, 0.25) is 0 Å². The number of nitrogens with zero attached hydrogens (tertiary/aromatic N) is 1. The van der Waals surface area contributed by atoms with Gasteiger partial charge in [0.1, 0.15) is 6.54 Å². The molecule has 1 aliphatic rings. The smallest absolute Gasteiger partial charge is 0.234 e. The molecule has 1 saturated heterocycles. The first kappa shape index (κ1) is 18.5. The van der Waals surface area contributed by atoms with Crippen molar-refractivity contribution >= 4 is 5.91 Å². The van der Waals surface area contributed by atoms with E-state index in [1.807, 2.05) is 36.4 Å². The van der Waals surface area contributed by atoms with Gasteiger partial charge < -0.3 is 9.80 Å². The van der Waals surface area contributed by atoms with Crippen molar-refractivity contribution in [3.63, 3.8) is 0 Å². The first-order valence-electron chi connectivity index (χ1n) is 10.1. The van der Waals surface area contributed by atoms with Crippen molar-refractivity contribution in [2.24, 2.45) is 0 Å². The molecule has 3 aromatic rings. The number of piperazine rings is 1. The van der Waals surface area contributed by atoms with E-state index < -0.39 is 0 Å². The summed E-state index contributed by atoms with van der Waals surface area (Å²) < 4.78 is 0. The van der Waals surface area contributed by atoms with Gasteiger partial charge in [0.05, 0.1) is 32.1 Å². The fraction of sp³-hybridized carbons (Fsp3) is 0.240. The third-order valence-corrected chi connectivity index (χ3v) is 5.59. The molecule has 3 nitrogen and oxygen atoms in total. The van der Waals surface area contributed by atoms with Crippen molar-refractivity contribution in [2.45, 2.75) is 12.5 Å². The number of nitrogens with one attached hydrogen (secondary N) is 1. The van der Waals surface area contributed by atoms with E-state index in [-0.39, 0.29) is 11.8 Å². The Labute approximate surface area is 167 Å². The van der Waals surface area contributed by atoms with E-state index in [4.69, 9.17) is 0 Å². The number of benzene rings is 3. The van der Waals surface area contributed by atoms with Crippen LogP contribution in [-0.2, 0) is 11.3 Å². The van der Waals surface area contributed by atoms with Gasteiger partial charge in [0, 0.05) is 5.56 Å². The molecule has 0 radical (unpaired) electrons. The van der Waals surface area contributed by atoms with Crippen molar-refractivity contribution in [1.82, 2.24) is 4.90 Å². The maximum atomic E-state index is 13.5. The largest absolute Gasteiger partial charge is 0.331 e. The van der Waals surface area contributed by atoms with E-state index in [1.165, 1.54) is 5.56 Å². The van der Waals surface area contributed by atoms with Gasteiger partial charge in [-0.25, -0.2) is 0 Å². The fourth-order valence-corrected chi connectivity index (χ4v) is 4.06. The summed E-state index contributed by atoms with van der Waals surface area (Å²) in [7, 11) is 0. The van der Waals surface area contributed by atoms with Crippen molar-refractivity contribution in [2.75, 3.05) is 26.2 Å². The standard InChI is InChI=1S/C25H26N2O/c28-25(24(22-12-6-2-7-13-22)23-14-8-3-9-15-23)27-18-16-26(17-19-27)20-21-10-4-1-5-11-21/h1-15,24H,16-20H2/p+1. The van der Waals surface area contributed by atoms with Gasteiger partial charge in [0.2, 0.25) is 5.91 Å². The molecule has 4 rings (SSSR count). The molecule has 1 heterocycles. The summed E-state index contributed by atoms with van der Waals surface area (Å²) >= 11 is 0. The predicted octanol–water partition coefficient (Wildman–Crippen LogP) is 2.75. The second-order valence-electron chi connectivity index (χ2n) is 7.49. The van der Waals surface area contributed by atoms with Gasteiger partial charge in [0.15, 0.2) is 0 Å². The molecular formula is C25H27N2O+. The molecule has 3 heteroatoms. The third kappa shape index (κ3) is 4.32. The number of rotatable bonds is 5. The normalized spacial score (nSPS) is 15.0. The summed E-state index contributed by atoms with van der Waals surface area (Å²) in [5, 5.41) is 0. The van der Waals surface area contributed by atoms with E-state index in [0.29, 0.717) is 0 Å². The maximum absolute atomic E-state index is 13.5. The quantitative estimate of drug-likeness (QED) is 0.733. The molecule has 0 atom stereocenters. The van der Waals surface area contributed by atoms with Crippen LogP contribution in [0.4, 0.5) is 0 Å². The minimum Gasteiger partial charge on any atom is -0.331 e. The minimum absolute atomic E-state index is 0.219. The Hall–Kier alpha value is -2.91. The SMILES string of the molecule is O=C(C(c1ccccc1)c1ccccc1)N1CC[NH+](Cc2ccccc2)CC1. The van der Waals surface area contributed by atoms with Gasteiger partial charge >= 0.3 is 0 Å². The topological polar surface area (TPSA) is 24.8 Å². The zero-order valence-corrected chi connectivity index (χ0v) is 16.1. The van der Waals surface area contributed by atoms with E-state index in [1.54, 1.807) is 4.90 Å². The highest BCUT2D eigenvalue weighted by molar-refractivity contribution is 5.87. The molecule has 142 valence electrons. The van der Waals surface area contributed by atoms with E-state index >= 15 is 0 Å². The molecule has 0 saturated carbocycles. The number of carbonyl (C=O) groups excluding carboxylic acids is 1. The second-order valence-corrected chi connectivity index (χ2v) is 7.49. The average molecular weight is 372 g/mol. The van der Waals surface area contributed by atoms with Crippen molar-refractivity contribution < 1.29 is 9.69 Å². The van der Waals surface area contributed by atoms with E-state index in [9.17, 15) is 4.79 Å². The Bertz CT molecular complexity index is 833. The Balaban J connectivity index is 1.46. The Kier molecular flexibility index (Phi) is 5.83. The lowest BCUT2D eigenvalue weighted by molar-refractivity contribution is -0.917. The summed E-state index contributed by atoms with van der Waals surface area (Å²) in [6.45, 7) is 4.66. The molecule has 3 aromatic carbocycles. The van der Waals surface area contributed by atoms with Gasteiger partial charge in [-0.3, -0.25) is 4.79 Å². The zero-order chi connectivity index (χ0) is 19.2. The highest BCUT2D eigenvalue weighted by Gasteiger charge is 2.31. The third-order valence-electron chi connectivity index (χ3n) is 5.59. The molecular weight excluding hydrogens is 344 g/mol. The van der Waals surface area contributed by atoms with Crippen LogP contribution < -0.4 is 4.90 Å². The molecule has 28 heavy (non-hydrogen) atoms. The maximum Gasteiger partial charge on any atom is 0.234 e. The molecule has 1 N–H and O–H groups in total. The van der Waals surface area contributed by atoms with Crippen molar-refractivity contribution in [1.29, 1.82) is 0 Å². The lowest BCUT2D eigenvalue weighted by atomic mass is 9.90. The lowest BCUT2D eigenvalue weighted by Gasteiger charge is -2.34. The molecule has 1 aliphatic heterocycles. The molecule has 1 fully saturated rings. The second kappa shape index (κ2) is 8.85. The van der Waals surface area contributed by atoms with Crippen LogP contribution in [0.1, 0.15) is 22.6 Å². The first-order valence-corrected chi connectivity index (χ1v) is 10.1. The van der Waals surface area contributed by atoms with E-state index in [0.717, 1.165) is 43.9 Å². The molecule has 0 aliphatic carbocycles. The molecule has 1 amide bonds. The van der Waals surface area contributed by atoms with Crippen LogP contribution in [0, 0.1) is 0 Å². The van der Waals surface area contributed by atoms with Gasteiger partial charge in [0.25, 0.3) is 0 Å². The highest BCUT2D eigenvalue weighted by atomic mass is 16.2. The van der Waals surface area contributed by atoms with Gasteiger partial charge in [-0.2, -0.15) is 0 Å². The summed E-state index contributed by atoms with van der Waals surface area (Å²) in [6.07, 6.45) is 0. The van der Waals surface area contributed by atoms with Gasteiger partial charge in [-0.05, 0) is 11.1 Å². The van der Waals surface area contributed by atoms with Crippen LogP contribution >= 0.6 is 0 Å². The van der Waals surface area contributed by atoms with Crippen LogP contribution in [0.5, 0.6) is 0 Å². The van der Waals surface area contributed by atoms with Gasteiger partial charge in [-0.1, -0.05) is 91.0 Å². The molecule has 0 unspecified atom stereocenters. The van der Waals surface area contributed by atoms with Crippen LogP contribution in [-0.4, -0.2) is 37.0 Å². The summed E-state index contributed by atoms with van der Waals surface area (Å²) in [5.74, 6) is -0.00534.